The number of hydrogen-bond donors (Lipinski definition) is 0. The van der Waals surface area contributed by atoms with Crippen LogP contribution in [0.4, 0.5) is 5.69 Å². The quantitative estimate of drug-likeness (QED) is 0.479. The summed E-state index contributed by atoms with van der Waals surface area (Å²) in [5.41, 5.74) is 1.06. The summed E-state index contributed by atoms with van der Waals surface area (Å²) in [7, 11) is 1.62. The number of fused-ring (bicyclic) bond motifs is 1. The number of carbonyl (C=O) groups is 4. The number of methoxy groups -OCH3 is 1. The molecule has 3 aliphatic rings. The van der Waals surface area contributed by atoms with Crippen molar-refractivity contribution < 1.29 is 28.7 Å². The molecule has 1 aromatic rings. The molecule has 9 nitrogen and oxygen atoms in total. The molecule has 0 bridgehead atoms. The maximum absolute atomic E-state index is 12.5. The minimum Gasteiger partial charge on any atom is -0.497 e. The number of carbonyl (C=O) groups excluding carboxylic acids is 4. The number of hydrogen-bond acceptors (Lipinski definition) is 7. The molecule has 2 heterocycles. The average Bonchev–Trinajstić information content (AvgIpc) is 3.07. The van der Waals surface area contributed by atoms with Gasteiger partial charge in [-0.1, -0.05) is 12.8 Å². The summed E-state index contributed by atoms with van der Waals surface area (Å²) in [4.78, 5) is 54.5. The standard InChI is InChI=1S/C23H29N3O6/c1-31-17-8-6-16(7-9-17)24-10-12-25(13-11-24)20(27)15-32-21(28)14-26-22(29)18-4-2-3-5-19(18)23(26)30/h6-9,18-19H,2-5,10-15H2,1H3. The van der Waals surface area contributed by atoms with Crippen LogP contribution < -0.4 is 9.64 Å². The number of benzene rings is 1. The molecule has 2 aliphatic heterocycles. The second-order valence-corrected chi connectivity index (χ2v) is 8.49. The predicted octanol–water partition coefficient (Wildman–Crippen LogP) is 1.06. The third kappa shape index (κ3) is 4.56. The van der Waals surface area contributed by atoms with E-state index in [2.05, 4.69) is 4.90 Å². The Morgan fingerprint density at radius 2 is 1.53 bits per heavy atom. The van der Waals surface area contributed by atoms with Crippen molar-refractivity contribution in [1.29, 1.82) is 0 Å². The van der Waals surface area contributed by atoms with Gasteiger partial charge in [0.2, 0.25) is 11.8 Å². The number of anilines is 1. The number of piperazine rings is 1. The molecular weight excluding hydrogens is 414 g/mol. The maximum Gasteiger partial charge on any atom is 0.326 e. The van der Waals surface area contributed by atoms with Crippen molar-refractivity contribution in [3.63, 3.8) is 0 Å². The third-order valence-electron chi connectivity index (χ3n) is 6.65. The lowest BCUT2D eigenvalue weighted by Crippen LogP contribution is -2.50. The second-order valence-electron chi connectivity index (χ2n) is 8.49. The van der Waals surface area contributed by atoms with Crippen LogP contribution in [0.5, 0.6) is 5.75 Å². The van der Waals surface area contributed by atoms with E-state index in [0.29, 0.717) is 39.0 Å². The zero-order chi connectivity index (χ0) is 22.7. The lowest BCUT2D eigenvalue weighted by atomic mass is 9.81. The van der Waals surface area contributed by atoms with Gasteiger partial charge in [0.15, 0.2) is 6.61 Å². The van der Waals surface area contributed by atoms with Crippen molar-refractivity contribution in [2.24, 2.45) is 11.8 Å². The highest BCUT2D eigenvalue weighted by molar-refractivity contribution is 6.07. The van der Waals surface area contributed by atoms with E-state index in [1.807, 2.05) is 24.3 Å². The van der Waals surface area contributed by atoms with Gasteiger partial charge in [0.05, 0.1) is 18.9 Å². The van der Waals surface area contributed by atoms with Crippen LogP contribution in [0.15, 0.2) is 24.3 Å². The molecule has 0 aromatic heterocycles. The first-order valence-corrected chi connectivity index (χ1v) is 11.2. The Kier molecular flexibility index (Phi) is 6.62. The summed E-state index contributed by atoms with van der Waals surface area (Å²) in [6.45, 7) is 1.59. The zero-order valence-corrected chi connectivity index (χ0v) is 18.3. The Labute approximate surface area is 187 Å². The number of imide groups is 1. The van der Waals surface area contributed by atoms with Crippen molar-refractivity contribution in [2.75, 3.05) is 51.3 Å². The maximum atomic E-state index is 12.5. The molecular formula is C23H29N3O6. The Morgan fingerprint density at radius 3 is 2.09 bits per heavy atom. The van der Waals surface area contributed by atoms with Crippen LogP contribution in [0.1, 0.15) is 25.7 Å². The molecule has 2 unspecified atom stereocenters. The van der Waals surface area contributed by atoms with Crippen molar-refractivity contribution >= 4 is 29.4 Å². The van der Waals surface area contributed by atoms with E-state index in [-0.39, 0.29) is 36.2 Å². The number of rotatable bonds is 6. The van der Waals surface area contributed by atoms with Crippen molar-refractivity contribution in [3.05, 3.63) is 24.3 Å². The SMILES string of the molecule is COc1ccc(N2CCN(C(=O)COC(=O)CN3C(=O)C4CCCCC4C3=O)CC2)cc1. The molecule has 1 saturated carbocycles. The zero-order valence-electron chi connectivity index (χ0n) is 18.3. The van der Waals surface area contributed by atoms with Gasteiger partial charge in [-0.05, 0) is 37.1 Å². The lowest BCUT2D eigenvalue weighted by molar-refractivity contribution is -0.156. The Morgan fingerprint density at radius 1 is 0.938 bits per heavy atom. The van der Waals surface area contributed by atoms with E-state index in [9.17, 15) is 19.2 Å². The van der Waals surface area contributed by atoms with Gasteiger partial charge in [-0.15, -0.1) is 0 Å². The number of ether oxygens (including phenoxy) is 2. The van der Waals surface area contributed by atoms with Gasteiger partial charge in [-0.25, -0.2) is 0 Å². The fourth-order valence-corrected chi connectivity index (χ4v) is 4.80. The van der Waals surface area contributed by atoms with Crippen LogP contribution in [-0.2, 0) is 23.9 Å². The highest BCUT2D eigenvalue weighted by atomic mass is 16.5. The van der Waals surface area contributed by atoms with E-state index in [0.717, 1.165) is 29.2 Å². The van der Waals surface area contributed by atoms with Crippen LogP contribution in [0.3, 0.4) is 0 Å². The lowest BCUT2D eigenvalue weighted by Gasteiger charge is -2.36. The molecule has 0 radical (unpaired) electrons. The summed E-state index contributed by atoms with van der Waals surface area (Å²) in [5.74, 6) is -1.37. The molecule has 2 atom stereocenters. The van der Waals surface area contributed by atoms with Crippen LogP contribution in [-0.4, -0.2) is 79.9 Å². The topological polar surface area (TPSA) is 96.5 Å². The largest absolute Gasteiger partial charge is 0.497 e. The smallest absolute Gasteiger partial charge is 0.326 e. The monoisotopic (exact) mass is 443 g/mol. The van der Waals surface area contributed by atoms with E-state index >= 15 is 0 Å². The molecule has 2 saturated heterocycles. The van der Waals surface area contributed by atoms with Crippen LogP contribution in [0.25, 0.3) is 0 Å². The molecule has 172 valence electrons. The molecule has 9 heteroatoms. The molecule has 3 fully saturated rings. The van der Waals surface area contributed by atoms with Gasteiger partial charge < -0.3 is 19.3 Å². The summed E-state index contributed by atoms with van der Waals surface area (Å²) in [6.07, 6.45) is 3.25. The summed E-state index contributed by atoms with van der Waals surface area (Å²) in [5, 5.41) is 0. The summed E-state index contributed by atoms with van der Waals surface area (Å²) < 4.78 is 10.3. The van der Waals surface area contributed by atoms with E-state index < -0.39 is 12.5 Å². The van der Waals surface area contributed by atoms with E-state index in [1.165, 1.54) is 0 Å². The van der Waals surface area contributed by atoms with Gasteiger partial charge >= 0.3 is 5.97 Å². The molecule has 0 N–H and O–H groups in total. The minimum atomic E-state index is -0.726. The second kappa shape index (κ2) is 9.58. The average molecular weight is 444 g/mol. The minimum absolute atomic E-state index is 0.277. The predicted molar refractivity (Wildman–Crippen MR) is 115 cm³/mol. The number of nitrogens with zero attached hydrogens (tertiary/aromatic N) is 3. The van der Waals surface area contributed by atoms with Crippen molar-refractivity contribution in [2.45, 2.75) is 25.7 Å². The highest BCUT2D eigenvalue weighted by Crippen LogP contribution is 2.37. The molecule has 4 rings (SSSR count). The van der Waals surface area contributed by atoms with Crippen LogP contribution in [0, 0.1) is 11.8 Å². The van der Waals surface area contributed by atoms with E-state index in [4.69, 9.17) is 9.47 Å². The van der Waals surface area contributed by atoms with Crippen LogP contribution in [0.2, 0.25) is 0 Å². The first kappa shape index (κ1) is 22.1. The molecule has 0 spiro atoms. The normalized spacial score (nSPS) is 23.2. The molecule has 3 amide bonds. The number of likely N-dealkylation sites (tertiary alicyclic amines) is 1. The fraction of sp³-hybridized carbons (Fsp3) is 0.565. The Hall–Kier alpha value is -3.10. The number of amides is 3. The fourth-order valence-electron chi connectivity index (χ4n) is 4.80. The van der Waals surface area contributed by atoms with Gasteiger partial charge in [0, 0.05) is 31.9 Å². The van der Waals surface area contributed by atoms with Gasteiger partial charge in [-0.2, -0.15) is 0 Å². The molecule has 32 heavy (non-hydrogen) atoms. The van der Waals surface area contributed by atoms with Gasteiger partial charge in [0.25, 0.3) is 5.91 Å². The summed E-state index contributed by atoms with van der Waals surface area (Å²) in [6, 6.07) is 7.76. The Balaban J connectivity index is 1.21. The first-order valence-electron chi connectivity index (χ1n) is 11.2. The van der Waals surface area contributed by atoms with Gasteiger partial charge in [0.1, 0.15) is 12.3 Å². The van der Waals surface area contributed by atoms with Crippen molar-refractivity contribution in [3.8, 4) is 5.75 Å². The van der Waals surface area contributed by atoms with Crippen molar-refractivity contribution in [1.82, 2.24) is 9.80 Å². The van der Waals surface area contributed by atoms with Crippen LogP contribution >= 0.6 is 0 Å². The Bertz CT molecular complexity index is 854. The molecule has 1 aromatic carbocycles. The number of esters is 1. The summed E-state index contributed by atoms with van der Waals surface area (Å²) >= 11 is 0. The van der Waals surface area contributed by atoms with Gasteiger partial charge in [-0.3, -0.25) is 24.1 Å². The molecule has 1 aliphatic carbocycles. The van der Waals surface area contributed by atoms with E-state index in [1.54, 1.807) is 12.0 Å². The highest BCUT2D eigenvalue weighted by Gasteiger charge is 2.48. The first-order chi connectivity index (χ1) is 15.5. The third-order valence-corrected chi connectivity index (χ3v) is 6.65.